The summed E-state index contributed by atoms with van der Waals surface area (Å²) >= 11 is 0. The molecule has 0 unspecified atom stereocenters. The van der Waals surface area contributed by atoms with Gasteiger partial charge in [-0.2, -0.15) is 0 Å². The van der Waals surface area contributed by atoms with E-state index >= 15 is 4.39 Å². The zero-order chi connectivity index (χ0) is 30.9. The van der Waals surface area contributed by atoms with E-state index in [0.29, 0.717) is 50.7 Å². The van der Waals surface area contributed by atoms with Gasteiger partial charge in [0.05, 0.1) is 30.6 Å². The molecule has 2 aromatic heterocycles. The zero-order valence-corrected chi connectivity index (χ0v) is 24.4. The molecule has 12 heteroatoms. The van der Waals surface area contributed by atoms with E-state index in [4.69, 9.17) is 9.47 Å². The Balaban J connectivity index is 1.26. The first kappa shape index (κ1) is 28.7. The van der Waals surface area contributed by atoms with Gasteiger partial charge in [-0.1, -0.05) is 24.3 Å². The second kappa shape index (κ2) is 12.1. The average Bonchev–Trinajstić information content (AvgIpc) is 3.58. The number of imidazole rings is 1. The number of hydrogen-bond acceptors (Lipinski definition) is 7. The lowest BCUT2D eigenvalue weighted by Crippen LogP contribution is -2.38. The lowest BCUT2D eigenvalue weighted by atomic mass is 10.0. The van der Waals surface area contributed by atoms with E-state index in [1.54, 1.807) is 17.1 Å². The van der Waals surface area contributed by atoms with Gasteiger partial charge in [0.1, 0.15) is 16.8 Å². The number of aryl methyl sites for hydroxylation is 1. The van der Waals surface area contributed by atoms with Crippen molar-refractivity contribution in [1.82, 2.24) is 24.3 Å². The number of fused-ring (bicyclic) bond motifs is 3. The van der Waals surface area contributed by atoms with Gasteiger partial charge >= 0.3 is 0 Å². The van der Waals surface area contributed by atoms with Crippen LogP contribution >= 0.6 is 0 Å². The number of hydrogen-bond donors (Lipinski definition) is 2. The van der Waals surface area contributed by atoms with Gasteiger partial charge in [0, 0.05) is 57.7 Å². The number of pyridine rings is 1. The van der Waals surface area contributed by atoms with Crippen LogP contribution in [0.3, 0.4) is 0 Å². The monoisotopic (exact) mass is 610 g/mol. The van der Waals surface area contributed by atoms with E-state index in [1.807, 2.05) is 47.2 Å². The standard InChI is InChI=1S/C33H31FN6O5/c34-25-18-23-30-32(29(25)37-28(41)6-10-38-12-14-44-15-13-38)45-27-17-22-5-2-1-4-21(22)16-26(27)40(30)19-24(31(23)42)33(43)36-7-3-9-39-11-8-35-20-39/h1-2,4-5,8,11,16-20H,3,6-7,9-10,12-15H2,(H,36,43)(H,37,41). The van der Waals surface area contributed by atoms with E-state index in [0.717, 1.165) is 29.9 Å². The van der Waals surface area contributed by atoms with Gasteiger partial charge in [-0.25, -0.2) is 9.37 Å². The third kappa shape index (κ3) is 5.65. The van der Waals surface area contributed by atoms with Crippen molar-refractivity contribution < 1.29 is 23.5 Å². The van der Waals surface area contributed by atoms with Gasteiger partial charge in [0.2, 0.25) is 11.3 Å². The number of aromatic nitrogens is 3. The van der Waals surface area contributed by atoms with E-state index < -0.39 is 17.2 Å². The van der Waals surface area contributed by atoms with Crippen LogP contribution in [0.1, 0.15) is 23.2 Å². The quantitative estimate of drug-likeness (QED) is 0.237. The summed E-state index contributed by atoms with van der Waals surface area (Å²) in [5, 5.41) is 7.29. The van der Waals surface area contributed by atoms with Crippen molar-refractivity contribution in [2.75, 3.05) is 44.7 Å². The van der Waals surface area contributed by atoms with Crippen molar-refractivity contribution in [3.8, 4) is 17.2 Å². The van der Waals surface area contributed by atoms with Crippen LogP contribution in [-0.4, -0.2) is 70.2 Å². The molecule has 0 radical (unpaired) electrons. The minimum atomic E-state index is -0.831. The highest BCUT2D eigenvalue weighted by Gasteiger charge is 2.29. The lowest BCUT2D eigenvalue weighted by molar-refractivity contribution is -0.116. The number of carbonyl (C=O) groups is 2. The van der Waals surface area contributed by atoms with E-state index in [2.05, 4.69) is 20.5 Å². The Morgan fingerprint density at radius 1 is 1.04 bits per heavy atom. The molecule has 2 aliphatic rings. The normalized spacial score (nSPS) is 14.2. The topological polar surface area (TPSA) is 120 Å². The third-order valence-electron chi connectivity index (χ3n) is 8.20. The molecule has 11 nitrogen and oxygen atoms in total. The minimum Gasteiger partial charge on any atom is -0.451 e. The summed E-state index contributed by atoms with van der Waals surface area (Å²) in [6.45, 7) is 4.14. The Kier molecular flexibility index (Phi) is 7.74. The van der Waals surface area contributed by atoms with Crippen molar-refractivity contribution in [3.63, 3.8) is 0 Å². The summed E-state index contributed by atoms with van der Waals surface area (Å²) in [7, 11) is 0. The predicted molar refractivity (Wildman–Crippen MR) is 167 cm³/mol. The average molecular weight is 611 g/mol. The van der Waals surface area contributed by atoms with Gasteiger partial charge in [0.25, 0.3) is 5.91 Å². The van der Waals surface area contributed by atoms with Crippen molar-refractivity contribution in [2.45, 2.75) is 19.4 Å². The number of morpholine rings is 1. The molecule has 2 aliphatic heterocycles. The maximum Gasteiger partial charge on any atom is 0.256 e. The molecule has 2 amide bonds. The fourth-order valence-corrected chi connectivity index (χ4v) is 5.85. The Bertz CT molecular complexity index is 1980. The fourth-order valence-electron chi connectivity index (χ4n) is 5.85. The van der Waals surface area contributed by atoms with E-state index in [9.17, 15) is 14.4 Å². The largest absolute Gasteiger partial charge is 0.451 e. The maximum atomic E-state index is 15.8. The number of rotatable bonds is 9. The van der Waals surface area contributed by atoms with Crippen LogP contribution < -0.4 is 20.8 Å². The number of benzene rings is 3. The molecule has 3 aromatic carbocycles. The predicted octanol–water partition coefficient (Wildman–Crippen LogP) is 4.07. The minimum absolute atomic E-state index is 0.0110. The summed E-state index contributed by atoms with van der Waals surface area (Å²) in [6, 6.07) is 12.5. The number of carbonyl (C=O) groups excluding carboxylic acids is 2. The summed E-state index contributed by atoms with van der Waals surface area (Å²) in [5.41, 5.74) is -0.0654. The van der Waals surface area contributed by atoms with E-state index in [-0.39, 0.29) is 40.2 Å². The lowest BCUT2D eigenvalue weighted by Gasteiger charge is -2.27. The van der Waals surface area contributed by atoms with Crippen LogP contribution in [0.5, 0.6) is 11.5 Å². The molecule has 45 heavy (non-hydrogen) atoms. The van der Waals surface area contributed by atoms with Crippen LogP contribution in [0.25, 0.3) is 27.4 Å². The van der Waals surface area contributed by atoms with Gasteiger partial charge in [-0.15, -0.1) is 0 Å². The first-order valence-corrected chi connectivity index (χ1v) is 14.9. The number of ether oxygens (including phenoxy) is 2. The molecule has 1 fully saturated rings. The van der Waals surface area contributed by atoms with E-state index in [1.165, 1.54) is 6.20 Å². The van der Waals surface area contributed by atoms with Crippen molar-refractivity contribution in [1.29, 1.82) is 0 Å². The molecule has 4 heterocycles. The van der Waals surface area contributed by atoms with Gasteiger partial charge in [0.15, 0.2) is 17.3 Å². The molecule has 5 aromatic rings. The van der Waals surface area contributed by atoms with Gasteiger partial charge < -0.3 is 29.2 Å². The number of nitrogens with zero attached hydrogens (tertiary/aromatic N) is 4. The molecule has 0 spiro atoms. The summed E-state index contributed by atoms with van der Waals surface area (Å²) in [5.74, 6) is -1.37. The molecular weight excluding hydrogens is 579 g/mol. The maximum absolute atomic E-state index is 15.8. The first-order valence-electron chi connectivity index (χ1n) is 14.9. The highest BCUT2D eigenvalue weighted by Crippen LogP contribution is 2.46. The molecular formula is C33H31FN6O5. The highest BCUT2D eigenvalue weighted by atomic mass is 19.1. The molecule has 0 aliphatic carbocycles. The van der Waals surface area contributed by atoms with Crippen LogP contribution in [0.2, 0.25) is 0 Å². The number of amides is 2. The van der Waals surface area contributed by atoms with Crippen LogP contribution in [0.4, 0.5) is 10.1 Å². The Morgan fingerprint density at radius 2 is 1.84 bits per heavy atom. The molecule has 2 N–H and O–H groups in total. The number of anilines is 1. The van der Waals surface area contributed by atoms with Crippen LogP contribution in [0, 0.1) is 5.82 Å². The summed E-state index contributed by atoms with van der Waals surface area (Å²) < 4.78 is 31.1. The van der Waals surface area contributed by atoms with Crippen molar-refractivity contribution >= 4 is 39.2 Å². The summed E-state index contributed by atoms with van der Waals surface area (Å²) in [6.07, 6.45) is 7.44. The Morgan fingerprint density at radius 3 is 2.62 bits per heavy atom. The highest BCUT2D eigenvalue weighted by molar-refractivity contribution is 6.04. The first-order chi connectivity index (χ1) is 22.0. The number of nitrogens with one attached hydrogen (secondary N) is 2. The van der Waals surface area contributed by atoms with Gasteiger partial charge in [-0.3, -0.25) is 19.3 Å². The van der Waals surface area contributed by atoms with Crippen molar-refractivity contribution in [2.24, 2.45) is 0 Å². The second-order valence-electron chi connectivity index (χ2n) is 11.1. The molecule has 0 atom stereocenters. The van der Waals surface area contributed by atoms with Crippen molar-refractivity contribution in [3.05, 3.63) is 89.0 Å². The second-order valence-corrected chi connectivity index (χ2v) is 11.1. The molecule has 0 bridgehead atoms. The Labute approximate surface area is 257 Å². The zero-order valence-electron chi connectivity index (χ0n) is 24.4. The SMILES string of the molecule is O=C(CCN1CCOCC1)Nc1c(F)cc2c(=O)c(C(=O)NCCCn3ccnc3)cn3c2c1Oc1cc2ccccc2cc1-3. The van der Waals surface area contributed by atoms with Gasteiger partial charge in [-0.05, 0) is 35.4 Å². The molecule has 1 saturated heterocycles. The smallest absolute Gasteiger partial charge is 0.256 e. The van der Waals surface area contributed by atoms with Crippen LogP contribution in [0.15, 0.2) is 72.2 Å². The third-order valence-corrected chi connectivity index (χ3v) is 8.20. The Hall–Kier alpha value is -5.07. The fraction of sp³-hybridized carbons (Fsp3) is 0.273. The summed E-state index contributed by atoms with van der Waals surface area (Å²) in [4.78, 5) is 46.2. The molecule has 7 rings (SSSR count). The van der Waals surface area contributed by atoms with Crippen LogP contribution in [-0.2, 0) is 16.1 Å². The molecule has 230 valence electrons. The molecule has 0 saturated carbocycles. The number of halogens is 1.